The van der Waals surface area contributed by atoms with Crippen molar-refractivity contribution in [2.24, 2.45) is 10.8 Å². The quantitative estimate of drug-likeness (QED) is 0.198. The number of benzene rings is 2. The Hall–Kier alpha value is -2.24. The smallest absolute Gasteiger partial charge is 0.287 e. The first-order valence-electron chi connectivity index (χ1n) is 18.4. The molecule has 4 rings (SSSR count). The second-order valence-corrected chi connectivity index (χ2v) is 19.6. The summed E-state index contributed by atoms with van der Waals surface area (Å²) in [6.07, 6.45) is -7.15. The van der Waals surface area contributed by atoms with Crippen LogP contribution in [-0.4, -0.2) is 75.6 Å². The van der Waals surface area contributed by atoms with Crippen LogP contribution in [0.1, 0.15) is 104 Å². The maximum absolute atomic E-state index is 13.3. The van der Waals surface area contributed by atoms with Gasteiger partial charge in [-0.15, -0.1) is 26.3 Å². The molecule has 8 nitrogen and oxygen atoms in total. The van der Waals surface area contributed by atoms with Gasteiger partial charge in [0.15, 0.2) is 0 Å². The molecule has 2 aromatic rings. The second kappa shape index (κ2) is 17.9. The molecule has 0 saturated carbocycles. The number of ether oxygens (including phenoxy) is 2. The van der Waals surface area contributed by atoms with Gasteiger partial charge in [0.2, 0.25) is 20.0 Å². The molecule has 0 radical (unpaired) electrons. The largest absolute Gasteiger partial charge is 0.522 e. The van der Waals surface area contributed by atoms with E-state index in [1.807, 2.05) is 55.4 Å². The summed E-state index contributed by atoms with van der Waals surface area (Å²) in [5, 5.41) is 0. The first kappa shape index (κ1) is 46.1. The molecule has 0 N–H and O–H groups in total. The van der Waals surface area contributed by atoms with Gasteiger partial charge in [-0.3, -0.25) is 9.47 Å². The van der Waals surface area contributed by atoms with E-state index < -0.39 is 55.8 Å². The molecule has 16 heteroatoms. The number of alkyl halides is 6. The summed E-state index contributed by atoms with van der Waals surface area (Å²) in [7, 11) is -7.86. The Morgan fingerprint density at radius 3 is 1.17 bits per heavy atom. The Kier molecular flexibility index (Phi) is 15.3. The third-order valence-electron chi connectivity index (χ3n) is 10.3. The van der Waals surface area contributed by atoms with Crippen molar-refractivity contribution in [3.05, 3.63) is 59.7 Å². The van der Waals surface area contributed by atoms with Gasteiger partial charge in [0.1, 0.15) is 0 Å². The summed E-state index contributed by atoms with van der Waals surface area (Å²) >= 11 is 0. The molecule has 2 fully saturated rings. The van der Waals surface area contributed by atoms with E-state index in [9.17, 15) is 43.2 Å². The van der Waals surface area contributed by atoms with Crippen molar-refractivity contribution in [1.82, 2.24) is 8.61 Å². The average Bonchev–Trinajstić information content (AvgIpc) is 3.02. The summed E-state index contributed by atoms with van der Waals surface area (Å²) in [6.45, 7) is 14.4. The number of aryl methyl sites for hydroxylation is 2. The highest BCUT2D eigenvalue weighted by Gasteiger charge is 2.50. The maximum Gasteiger partial charge on any atom is 0.522 e. The molecule has 0 aromatic heterocycles. The van der Waals surface area contributed by atoms with Crippen molar-refractivity contribution in [3.8, 4) is 0 Å². The third-order valence-corrected chi connectivity index (χ3v) is 14.1. The average molecular weight is 815 g/mol. The van der Waals surface area contributed by atoms with E-state index in [2.05, 4.69) is 9.47 Å². The molecule has 2 saturated heterocycles. The lowest BCUT2D eigenvalue weighted by molar-refractivity contribution is -0.349. The molecular formula is C38H56F6N2O6S2. The van der Waals surface area contributed by atoms with Crippen LogP contribution in [0.25, 0.3) is 0 Å². The standard InChI is InChI=1S/2C19H28F3NO3S/c2*1-5-6-7-17-18(3,4)12-15(26-19(20,21)22)13-23(17)27(24,25)16-10-8-14(2)9-11-16/h2*8-11,15,17H,5-7,12-13H2,1-4H3/t2*15-,17-/m10/s1. The molecule has 0 bridgehead atoms. The highest BCUT2D eigenvalue weighted by Crippen LogP contribution is 2.44. The molecule has 2 aromatic carbocycles. The zero-order chi connectivity index (χ0) is 40.9. The van der Waals surface area contributed by atoms with Crippen molar-refractivity contribution in [3.63, 3.8) is 0 Å². The van der Waals surface area contributed by atoms with Crippen LogP contribution in [0.5, 0.6) is 0 Å². The van der Waals surface area contributed by atoms with Crippen molar-refractivity contribution in [2.75, 3.05) is 13.1 Å². The Bertz CT molecular complexity index is 1590. The Balaban J connectivity index is 0.000000290. The molecule has 2 aliphatic rings. The minimum atomic E-state index is -4.80. The second-order valence-electron chi connectivity index (χ2n) is 15.8. The van der Waals surface area contributed by atoms with E-state index in [4.69, 9.17) is 0 Å². The maximum atomic E-state index is 13.3. The van der Waals surface area contributed by atoms with Crippen LogP contribution in [-0.2, 0) is 29.5 Å². The molecule has 0 aliphatic carbocycles. The fourth-order valence-electron chi connectivity index (χ4n) is 7.63. The van der Waals surface area contributed by atoms with Gasteiger partial charge >= 0.3 is 12.7 Å². The van der Waals surface area contributed by atoms with Crippen LogP contribution in [0.15, 0.2) is 58.3 Å². The van der Waals surface area contributed by atoms with Gasteiger partial charge in [-0.2, -0.15) is 8.61 Å². The first-order valence-corrected chi connectivity index (χ1v) is 21.3. The van der Waals surface area contributed by atoms with Gasteiger partial charge < -0.3 is 0 Å². The topological polar surface area (TPSA) is 93.2 Å². The fraction of sp³-hybridized carbons (Fsp3) is 0.684. The van der Waals surface area contributed by atoms with Gasteiger partial charge in [-0.25, -0.2) is 16.8 Å². The lowest BCUT2D eigenvalue weighted by atomic mass is 9.74. The molecular weight excluding hydrogens is 759 g/mol. The third kappa shape index (κ3) is 12.4. The number of rotatable bonds is 12. The predicted octanol–water partition coefficient (Wildman–Crippen LogP) is 9.76. The van der Waals surface area contributed by atoms with E-state index in [1.165, 1.54) is 32.9 Å². The minimum absolute atomic E-state index is 0.0954. The number of sulfonamides is 2. The van der Waals surface area contributed by atoms with Gasteiger partial charge in [0.25, 0.3) is 0 Å². The van der Waals surface area contributed by atoms with E-state index in [1.54, 1.807) is 24.3 Å². The zero-order valence-corrected chi connectivity index (χ0v) is 34.1. The van der Waals surface area contributed by atoms with Crippen molar-refractivity contribution >= 4 is 20.0 Å². The number of unbranched alkanes of at least 4 members (excludes halogenated alkanes) is 2. The van der Waals surface area contributed by atoms with Crippen LogP contribution in [0, 0.1) is 24.7 Å². The normalized spacial score (nSPS) is 24.1. The molecule has 4 atom stereocenters. The van der Waals surface area contributed by atoms with E-state index in [-0.39, 0.29) is 47.8 Å². The summed E-state index contributed by atoms with van der Waals surface area (Å²) in [5.41, 5.74) is 0.546. The summed E-state index contributed by atoms with van der Waals surface area (Å²) in [6, 6.07) is 12.0. The lowest BCUT2D eigenvalue weighted by Crippen LogP contribution is -2.57. The van der Waals surface area contributed by atoms with Crippen molar-refractivity contribution in [1.29, 1.82) is 0 Å². The zero-order valence-electron chi connectivity index (χ0n) is 32.4. The predicted molar refractivity (Wildman–Crippen MR) is 195 cm³/mol. The number of hydrogen-bond donors (Lipinski definition) is 0. The van der Waals surface area contributed by atoms with Crippen LogP contribution >= 0.6 is 0 Å². The number of hydrogen-bond acceptors (Lipinski definition) is 6. The highest BCUT2D eigenvalue weighted by atomic mass is 32.2. The molecule has 308 valence electrons. The number of piperidine rings is 2. The van der Waals surface area contributed by atoms with Crippen LogP contribution in [0.4, 0.5) is 26.3 Å². The van der Waals surface area contributed by atoms with Crippen molar-refractivity contribution < 1.29 is 52.7 Å². The van der Waals surface area contributed by atoms with Crippen LogP contribution < -0.4 is 0 Å². The summed E-state index contributed by atoms with van der Waals surface area (Å²) in [5.74, 6) is 0. The Morgan fingerprint density at radius 1 is 0.611 bits per heavy atom. The molecule has 2 heterocycles. The Labute approximate surface area is 317 Å². The molecule has 0 unspecified atom stereocenters. The summed E-state index contributed by atoms with van der Waals surface area (Å²) in [4.78, 5) is 0.191. The Morgan fingerprint density at radius 2 is 0.907 bits per heavy atom. The van der Waals surface area contributed by atoms with E-state index >= 15 is 0 Å². The van der Waals surface area contributed by atoms with Gasteiger partial charge in [0, 0.05) is 25.2 Å². The molecule has 0 spiro atoms. The number of halogens is 6. The highest BCUT2D eigenvalue weighted by molar-refractivity contribution is 7.89. The first-order chi connectivity index (χ1) is 24.7. The van der Waals surface area contributed by atoms with Crippen molar-refractivity contribution in [2.45, 2.75) is 154 Å². The molecule has 0 amide bonds. The van der Waals surface area contributed by atoms with Crippen LogP contribution in [0.3, 0.4) is 0 Å². The monoisotopic (exact) mass is 814 g/mol. The molecule has 54 heavy (non-hydrogen) atoms. The number of nitrogens with zero attached hydrogens (tertiary/aromatic N) is 2. The van der Waals surface area contributed by atoms with Gasteiger partial charge in [0.05, 0.1) is 22.0 Å². The van der Waals surface area contributed by atoms with Gasteiger partial charge in [-0.05, 0) is 74.6 Å². The fourth-order valence-corrected chi connectivity index (χ4v) is 11.3. The molecule has 2 aliphatic heterocycles. The van der Waals surface area contributed by atoms with Gasteiger partial charge in [-0.1, -0.05) is 103 Å². The van der Waals surface area contributed by atoms with E-state index in [0.717, 1.165) is 36.8 Å². The SMILES string of the molecule is CCCC[C@@H]1N(S(=O)(=O)c2ccc(C)cc2)C[C@@H](OC(F)(F)F)CC1(C)C.CCCC[C@H]1N(S(=O)(=O)c2ccc(C)cc2)C[C@H](OC(F)(F)F)CC1(C)C. The lowest BCUT2D eigenvalue weighted by Gasteiger charge is -2.48. The minimum Gasteiger partial charge on any atom is -0.287 e. The van der Waals surface area contributed by atoms with E-state index in [0.29, 0.717) is 12.8 Å². The van der Waals surface area contributed by atoms with Crippen LogP contribution in [0.2, 0.25) is 0 Å². The summed E-state index contributed by atoms with van der Waals surface area (Å²) < 4.78 is 141.